The average Bonchev–Trinajstić information content (AvgIpc) is 2.72. The van der Waals surface area contributed by atoms with Gasteiger partial charge in [-0.05, 0) is 37.0 Å². The lowest BCUT2D eigenvalue weighted by molar-refractivity contribution is 0.506. The third-order valence-electron chi connectivity index (χ3n) is 3.74. The highest BCUT2D eigenvalue weighted by Crippen LogP contribution is 2.21. The Morgan fingerprint density at radius 2 is 2.05 bits per heavy atom. The molecule has 0 saturated heterocycles. The van der Waals surface area contributed by atoms with E-state index in [4.69, 9.17) is 10.7 Å². The van der Waals surface area contributed by atoms with E-state index in [1.165, 1.54) is 30.6 Å². The Hall–Kier alpha value is -1.51. The van der Waals surface area contributed by atoms with Crippen LogP contribution in [0.1, 0.15) is 52.3 Å². The van der Waals surface area contributed by atoms with Crippen molar-refractivity contribution >= 4 is 16.7 Å². The molecule has 0 amide bonds. The molecular formula is C17H27N3. The highest BCUT2D eigenvalue weighted by molar-refractivity contribution is 5.79. The standard InChI is InChI=1S/C17H27N3/c1-4-7-17-19-15-12-14(18)9-10-16(15)20(17)11-6-5-8-13(2)3/h9-10,12-13H,4-8,11,18H2,1-3H3. The fraction of sp³-hybridized carbons (Fsp3) is 0.588. The molecule has 3 nitrogen and oxygen atoms in total. The van der Waals surface area contributed by atoms with Gasteiger partial charge in [-0.2, -0.15) is 0 Å². The van der Waals surface area contributed by atoms with Crippen LogP contribution in [0.2, 0.25) is 0 Å². The van der Waals surface area contributed by atoms with Gasteiger partial charge in [0.05, 0.1) is 11.0 Å². The topological polar surface area (TPSA) is 43.8 Å². The highest BCUT2D eigenvalue weighted by atomic mass is 15.1. The number of hydrogen-bond acceptors (Lipinski definition) is 2. The minimum absolute atomic E-state index is 0.796. The van der Waals surface area contributed by atoms with E-state index < -0.39 is 0 Å². The number of nitrogens with two attached hydrogens (primary N) is 1. The third kappa shape index (κ3) is 3.53. The Bertz CT molecular complexity index is 555. The summed E-state index contributed by atoms with van der Waals surface area (Å²) in [6.07, 6.45) is 5.99. The van der Waals surface area contributed by atoms with E-state index in [0.29, 0.717) is 0 Å². The van der Waals surface area contributed by atoms with Gasteiger partial charge >= 0.3 is 0 Å². The van der Waals surface area contributed by atoms with Crippen LogP contribution in [-0.2, 0) is 13.0 Å². The van der Waals surface area contributed by atoms with Crippen molar-refractivity contribution in [2.45, 2.75) is 59.4 Å². The van der Waals surface area contributed by atoms with Gasteiger partial charge in [-0.15, -0.1) is 0 Å². The van der Waals surface area contributed by atoms with E-state index in [2.05, 4.69) is 31.4 Å². The van der Waals surface area contributed by atoms with Crippen molar-refractivity contribution in [3.63, 3.8) is 0 Å². The van der Waals surface area contributed by atoms with Gasteiger partial charge in [-0.1, -0.05) is 33.6 Å². The maximum atomic E-state index is 5.86. The van der Waals surface area contributed by atoms with Gasteiger partial charge in [0.25, 0.3) is 0 Å². The number of nitrogens with zero attached hydrogens (tertiary/aromatic N) is 2. The second kappa shape index (κ2) is 6.78. The van der Waals surface area contributed by atoms with Crippen LogP contribution < -0.4 is 5.73 Å². The first-order valence-corrected chi connectivity index (χ1v) is 7.86. The zero-order valence-electron chi connectivity index (χ0n) is 13.0. The average molecular weight is 273 g/mol. The molecule has 0 spiro atoms. The maximum Gasteiger partial charge on any atom is 0.109 e. The molecule has 0 aliphatic rings. The van der Waals surface area contributed by atoms with Gasteiger partial charge in [0, 0.05) is 18.7 Å². The molecule has 1 aromatic carbocycles. The number of rotatable bonds is 7. The molecule has 0 aliphatic heterocycles. The molecule has 2 rings (SSSR count). The van der Waals surface area contributed by atoms with Crippen LogP contribution in [0, 0.1) is 5.92 Å². The number of aromatic nitrogens is 2. The summed E-state index contributed by atoms with van der Waals surface area (Å²) < 4.78 is 2.39. The number of nitrogen functional groups attached to an aromatic ring is 1. The van der Waals surface area contributed by atoms with Gasteiger partial charge in [0.2, 0.25) is 0 Å². The van der Waals surface area contributed by atoms with E-state index in [9.17, 15) is 0 Å². The first kappa shape index (κ1) is 14.9. The second-order valence-electron chi connectivity index (χ2n) is 6.07. The van der Waals surface area contributed by atoms with E-state index in [1.54, 1.807) is 0 Å². The Morgan fingerprint density at radius 1 is 1.25 bits per heavy atom. The number of fused-ring (bicyclic) bond motifs is 1. The second-order valence-corrected chi connectivity index (χ2v) is 6.07. The molecule has 0 atom stereocenters. The smallest absolute Gasteiger partial charge is 0.109 e. The highest BCUT2D eigenvalue weighted by Gasteiger charge is 2.10. The summed E-state index contributed by atoms with van der Waals surface area (Å²) in [5.41, 5.74) is 8.93. The molecule has 0 fully saturated rings. The van der Waals surface area contributed by atoms with Crippen LogP contribution >= 0.6 is 0 Å². The Balaban J connectivity index is 2.17. The molecule has 2 N–H and O–H groups in total. The number of benzene rings is 1. The predicted octanol–water partition coefficient (Wildman–Crippen LogP) is 4.40. The zero-order valence-corrected chi connectivity index (χ0v) is 13.0. The number of anilines is 1. The molecule has 20 heavy (non-hydrogen) atoms. The monoisotopic (exact) mass is 273 g/mol. The molecule has 110 valence electrons. The van der Waals surface area contributed by atoms with Gasteiger partial charge in [0.15, 0.2) is 0 Å². The molecule has 0 unspecified atom stereocenters. The Labute approximate surface area is 122 Å². The molecule has 0 bridgehead atoms. The van der Waals surface area contributed by atoms with Crippen LogP contribution in [0.3, 0.4) is 0 Å². The Kier molecular flexibility index (Phi) is 5.05. The summed E-state index contributed by atoms with van der Waals surface area (Å²) in [6, 6.07) is 6.07. The fourth-order valence-corrected chi connectivity index (χ4v) is 2.68. The van der Waals surface area contributed by atoms with Crippen molar-refractivity contribution in [1.29, 1.82) is 0 Å². The molecule has 2 aromatic rings. The van der Waals surface area contributed by atoms with Gasteiger partial charge < -0.3 is 10.3 Å². The van der Waals surface area contributed by atoms with E-state index in [0.717, 1.165) is 36.5 Å². The minimum atomic E-state index is 0.796. The van der Waals surface area contributed by atoms with Crippen molar-refractivity contribution in [2.24, 2.45) is 5.92 Å². The van der Waals surface area contributed by atoms with Crippen LogP contribution in [0.15, 0.2) is 18.2 Å². The zero-order chi connectivity index (χ0) is 14.5. The third-order valence-corrected chi connectivity index (χ3v) is 3.74. The number of unbranched alkanes of at least 4 members (excludes halogenated alkanes) is 1. The summed E-state index contributed by atoms with van der Waals surface area (Å²) in [6.45, 7) is 7.86. The van der Waals surface area contributed by atoms with Crippen LogP contribution in [0.5, 0.6) is 0 Å². The van der Waals surface area contributed by atoms with Crippen molar-refractivity contribution in [1.82, 2.24) is 9.55 Å². The molecule has 0 aliphatic carbocycles. The molecule has 0 saturated carbocycles. The van der Waals surface area contributed by atoms with Crippen LogP contribution in [0.4, 0.5) is 5.69 Å². The van der Waals surface area contributed by atoms with Crippen molar-refractivity contribution in [2.75, 3.05) is 5.73 Å². The lowest BCUT2D eigenvalue weighted by atomic mass is 10.1. The summed E-state index contributed by atoms with van der Waals surface area (Å²) in [7, 11) is 0. The van der Waals surface area contributed by atoms with Gasteiger partial charge in [-0.25, -0.2) is 4.98 Å². The lowest BCUT2D eigenvalue weighted by Crippen LogP contribution is -2.04. The van der Waals surface area contributed by atoms with Gasteiger partial charge in [-0.3, -0.25) is 0 Å². The van der Waals surface area contributed by atoms with Crippen molar-refractivity contribution < 1.29 is 0 Å². The maximum absolute atomic E-state index is 5.86. The first-order chi connectivity index (χ1) is 9.61. The van der Waals surface area contributed by atoms with Crippen molar-refractivity contribution in [3.05, 3.63) is 24.0 Å². The summed E-state index contributed by atoms with van der Waals surface area (Å²) >= 11 is 0. The number of imidazole rings is 1. The lowest BCUT2D eigenvalue weighted by Gasteiger charge is -2.09. The van der Waals surface area contributed by atoms with E-state index >= 15 is 0 Å². The van der Waals surface area contributed by atoms with Crippen LogP contribution in [-0.4, -0.2) is 9.55 Å². The predicted molar refractivity (Wildman–Crippen MR) is 86.8 cm³/mol. The van der Waals surface area contributed by atoms with Gasteiger partial charge in [0.1, 0.15) is 5.82 Å². The quantitative estimate of drug-likeness (QED) is 0.600. The minimum Gasteiger partial charge on any atom is -0.399 e. The first-order valence-electron chi connectivity index (χ1n) is 7.86. The van der Waals surface area contributed by atoms with Crippen LogP contribution in [0.25, 0.3) is 11.0 Å². The van der Waals surface area contributed by atoms with Crippen molar-refractivity contribution in [3.8, 4) is 0 Å². The molecule has 1 heterocycles. The molecular weight excluding hydrogens is 246 g/mol. The van der Waals surface area contributed by atoms with E-state index in [1.807, 2.05) is 12.1 Å². The molecule has 3 heteroatoms. The summed E-state index contributed by atoms with van der Waals surface area (Å²) in [5, 5.41) is 0. The summed E-state index contributed by atoms with van der Waals surface area (Å²) in [4.78, 5) is 4.76. The van der Waals surface area contributed by atoms with E-state index in [-0.39, 0.29) is 0 Å². The number of hydrogen-bond donors (Lipinski definition) is 1. The SMILES string of the molecule is CCCc1nc2cc(N)ccc2n1CCCCC(C)C. The fourth-order valence-electron chi connectivity index (χ4n) is 2.68. The largest absolute Gasteiger partial charge is 0.399 e. The summed E-state index contributed by atoms with van der Waals surface area (Å²) in [5.74, 6) is 2.00. The number of aryl methyl sites for hydroxylation is 2. The molecule has 1 aromatic heterocycles. The normalized spacial score (nSPS) is 11.6. The Morgan fingerprint density at radius 3 is 2.75 bits per heavy atom. The molecule has 0 radical (unpaired) electrons.